The summed E-state index contributed by atoms with van der Waals surface area (Å²) >= 11 is 0. The molecule has 4 heterocycles. The van der Waals surface area contributed by atoms with Crippen molar-refractivity contribution in [2.45, 2.75) is 24.0 Å². The van der Waals surface area contributed by atoms with E-state index in [-0.39, 0.29) is 30.7 Å². The van der Waals surface area contributed by atoms with E-state index in [2.05, 4.69) is 13.2 Å². The normalized spacial score (nSPS) is 27.6. The summed E-state index contributed by atoms with van der Waals surface area (Å²) in [5.41, 5.74) is -0.337. The zero-order valence-corrected chi connectivity index (χ0v) is 17.5. The Labute approximate surface area is 188 Å². The summed E-state index contributed by atoms with van der Waals surface area (Å²) in [4.78, 5) is 54.6. The predicted octanol–water partition coefficient (Wildman–Crippen LogP) is 2.43. The fourth-order valence-corrected chi connectivity index (χ4v) is 5.23. The van der Waals surface area contributed by atoms with Crippen LogP contribution >= 0.6 is 0 Å². The van der Waals surface area contributed by atoms with Gasteiger partial charge in [-0.1, -0.05) is 49.6 Å². The molecule has 2 atom stereocenters. The minimum absolute atomic E-state index is 0.0457. The average Bonchev–Trinajstić information content (AvgIpc) is 3.43. The van der Waals surface area contributed by atoms with Crippen LogP contribution in [0.4, 0.5) is 11.4 Å². The van der Waals surface area contributed by atoms with Gasteiger partial charge in [0, 0.05) is 35.1 Å². The van der Waals surface area contributed by atoms with E-state index in [4.69, 9.17) is 9.47 Å². The number of benzene rings is 2. The van der Waals surface area contributed by atoms with E-state index in [1.54, 1.807) is 48.5 Å². The van der Waals surface area contributed by atoms with Gasteiger partial charge in [0.05, 0.1) is 11.4 Å². The highest BCUT2D eigenvalue weighted by Crippen LogP contribution is 2.52. The summed E-state index contributed by atoms with van der Waals surface area (Å²) in [6.45, 7) is 7.32. The monoisotopic (exact) mass is 442 g/mol. The van der Waals surface area contributed by atoms with Crippen molar-refractivity contribution in [1.29, 1.82) is 0 Å². The van der Waals surface area contributed by atoms with E-state index in [9.17, 15) is 19.2 Å². The van der Waals surface area contributed by atoms with Crippen LogP contribution in [0.5, 0.6) is 0 Å². The second-order valence-electron chi connectivity index (χ2n) is 8.64. The summed E-state index contributed by atoms with van der Waals surface area (Å²) in [6.07, 6.45) is 0.0914. The number of fused-ring (bicyclic) bond motifs is 4. The Morgan fingerprint density at radius 3 is 1.45 bits per heavy atom. The van der Waals surface area contributed by atoms with Crippen LogP contribution in [0.15, 0.2) is 72.8 Å². The molecule has 2 spiro atoms. The van der Waals surface area contributed by atoms with Crippen molar-refractivity contribution < 1.29 is 28.7 Å². The van der Waals surface area contributed by atoms with Crippen LogP contribution in [0.1, 0.15) is 24.0 Å². The van der Waals surface area contributed by atoms with Gasteiger partial charge in [-0.25, -0.2) is 9.59 Å². The summed E-state index contributed by atoms with van der Waals surface area (Å²) in [7, 11) is 0. The number of anilines is 2. The third kappa shape index (κ3) is 2.29. The quantitative estimate of drug-likeness (QED) is 0.524. The molecule has 2 saturated heterocycles. The molecule has 8 heteroatoms. The highest BCUT2D eigenvalue weighted by Gasteiger charge is 2.61. The zero-order chi connectivity index (χ0) is 23.1. The van der Waals surface area contributed by atoms with E-state index >= 15 is 0 Å². The Morgan fingerprint density at radius 1 is 0.697 bits per heavy atom. The maximum atomic E-state index is 13.7. The number of amides is 2. The number of carbonyl (C=O) groups is 4. The van der Waals surface area contributed by atoms with Gasteiger partial charge in [0.2, 0.25) is 11.2 Å². The van der Waals surface area contributed by atoms with Crippen LogP contribution in [-0.2, 0) is 39.9 Å². The molecule has 8 nitrogen and oxygen atoms in total. The molecule has 6 rings (SSSR count). The van der Waals surface area contributed by atoms with Crippen LogP contribution in [0, 0.1) is 0 Å². The Kier molecular flexibility index (Phi) is 3.65. The fourth-order valence-electron chi connectivity index (χ4n) is 5.23. The van der Waals surface area contributed by atoms with E-state index in [0.717, 1.165) is 0 Å². The number of ether oxygens (including phenoxy) is 2. The molecule has 164 valence electrons. The fraction of sp³-hybridized carbons (Fsp3) is 0.200. The van der Waals surface area contributed by atoms with Crippen molar-refractivity contribution in [3.05, 3.63) is 84.0 Å². The van der Waals surface area contributed by atoms with E-state index < -0.39 is 35.0 Å². The molecule has 4 aliphatic rings. The smallest absolute Gasteiger partial charge is 0.335 e. The van der Waals surface area contributed by atoms with Crippen LogP contribution in [-0.4, -0.2) is 30.4 Å². The first-order valence-electron chi connectivity index (χ1n) is 10.4. The third-order valence-electron chi connectivity index (χ3n) is 6.76. The number of esters is 2. The second-order valence-corrected chi connectivity index (χ2v) is 8.64. The molecule has 33 heavy (non-hydrogen) atoms. The molecule has 0 aliphatic carbocycles. The lowest BCUT2D eigenvalue weighted by Crippen LogP contribution is -2.49. The molecule has 0 saturated carbocycles. The molecular formula is C25H18N2O6. The largest absolute Gasteiger partial charge is 0.440 e. The van der Waals surface area contributed by atoms with Gasteiger partial charge in [0.25, 0.3) is 11.8 Å². The zero-order valence-electron chi connectivity index (χ0n) is 17.5. The molecule has 0 N–H and O–H groups in total. The number of hydrogen-bond donors (Lipinski definition) is 0. The summed E-state index contributed by atoms with van der Waals surface area (Å²) in [5.74, 6) is -2.12. The Hall–Kier alpha value is -4.20. The van der Waals surface area contributed by atoms with E-state index in [1.807, 2.05) is 0 Å². The molecule has 2 aromatic carbocycles. The molecule has 2 amide bonds. The SMILES string of the molecule is C=C1CC2(OC1=O)C(=O)N(CN1C(=O)C3(CC(=C)C(=O)O3)c3ccccc31)c1ccccc12. The number of nitrogens with zero attached hydrogens (tertiary/aromatic N) is 2. The maximum Gasteiger partial charge on any atom is 0.335 e. The molecule has 2 aromatic rings. The summed E-state index contributed by atoms with van der Waals surface area (Å²) < 4.78 is 11.1. The average molecular weight is 442 g/mol. The van der Waals surface area contributed by atoms with Crippen LogP contribution < -0.4 is 9.80 Å². The highest BCUT2D eigenvalue weighted by atomic mass is 16.6. The maximum absolute atomic E-state index is 13.7. The number of rotatable bonds is 2. The summed E-state index contributed by atoms with van der Waals surface area (Å²) in [6, 6.07) is 14.0. The van der Waals surface area contributed by atoms with Gasteiger partial charge in [0.15, 0.2) is 0 Å². The van der Waals surface area contributed by atoms with Gasteiger partial charge >= 0.3 is 11.9 Å². The number of hydrogen-bond acceptors (Lipinski definition) is 6. The molecule has 2 fully saturated rings. The highest BCUT2D eigenvalue weighted by molar-refractivity contribution is 6.15. The lowest BCUT2D eigenvalue weighted by atomic mass is 9.91. The third-order valence-corrected chi connectivity index (χ3v) is 6.76. The molecule has 2 unspecified atom stereocenters. The van der Waals surface area contributed by atoms with Crippen LogP contribution in [0.2, 0.25) is 0 Å². The van der Waals surface area contributed by atoms with Gasteiger partial charge < -0.3 is 9.47 Å². The van der Waals surface area contributed by atoms with Gasteiger partial charge in [-0.2, -0.15) is 0 Å². The molecule has 0 bridgehead atoms. The Bertz CT molecular complexity index is 1210. The molecule has 0 radical (unpaired) electrons. The first-order valence-corrected chi connectivity index (χ1v) is 10.4. The van der Waals surface area contributed by atoms with Crippen molar-refractivity contribution in [2.75, 3.05) is 16.5 Å². The standard InChI is InChI=1S/C25H18N2O6/c1-14-11-24(32-20(14)28)16-7-3-5-9-18(16)26(22(24)30)13-27-19-10-6-4-8-17(19)25(23(27)31)12-15(2)21(29)33-25/h3-10H,1-2,11-13H2. The molecular weight excluding hydrogens is 424 g/mol. The van der Waals surface area contributed by atoms with Crippen molar-refractivity contribution in [3.8, 4) is 0 Å². The topological polar surface area (TPSA) is 93.2 Å². The van der Waals surface area contributed by atoms with Gasteiger partial charge in [0.1, 0.15) is 6.67 Å². The van der Waals surface area contributed by atoms with E-state index in [0.29, 0.717) is 22.5 Å². The second kappa shape index (κ2) is 6.19. The lowest BCUT2D eigenvalue weighted by molar-refractivity contribution is -0.156. The van der Waals surface area contributed by atoms with Crippen molar-refractivity contribution >= 4 is 35.1 Å². The molecule has 4 aliphatic heterocycles. The van der Waals surface area contributed by atoms with Crippen molar-refractivity contribution in [3.63, 3.8) is 0 Å². The van der Waals surface area contributed by atoms with Crippen LogP contribution in [0.25, 0.3) is 0 Å². The minimum atomic E-state index is -1.49. The minimum Gasteiger partial charge on any atom is -0.440 e. The molecule has 0 aromatic heterocycles. The van der Waals surface area contributed by atoms with Gasteiger partial charge in [-0.15, -0.1) is 0 Å². The van der Waals surface area contributed by atoms with E-state index in [1.165, 1.54) is 9.80 Å². The Balaban J connectivity index is 1.43. The number of para-hydroxylation sites is 2. The van der Waals surface area contributed by atoms with Crippen molar-refractivity contribution in [1.82, 2.24) is 0 Å². The van der Waals surface area contributed by atoms with Crippen LogP contribution in [0.3, 0.4) is 0 Å². The summed E-state index contributed by atoms with van der Waals surface area (Å²) in [5, 5.41) is 0. The first kappa shape index (κ1) is 19.5. The first-order chi connectivity index (χ1) is 15.8. The Morgan fingerprint density at radius 2 is 1.09 bits per heavy atom. The van der Waals surface area contributed by atoms with Gasteiger partial charge in [-0.3, -0.25) is 19.4 Å². The lowest BCUT2D eigenvalue weighted by Gasteiger charge is -2.28. The predicted molar refractivity (Wildman–Crippen MR) is 116 cm³/mol. The van der Waals surface area contributed by atoms with Crippen molar-refractivity contribution in [2.24, 2.45) is 0 Å². The van der Waals surface area contributed by atoms with Gasteiger partial charge in [-0.05, 0) is 12.1 Å². The number of carbonyl (C=O) groups excluding carboxylic acids is 4.